The van der Waals surface area contributed by atoms with Crippen LogP contribution >= 0.6 is 54.5 Å². The summed E-state index contributed by atoms with van der Waals surface area (Å²) in [5.74, 6) is 5.82. The Morgan fingerprint density at radius 3 is 2.65 bits per heavy atom. The van der Waals surface area contributed by atoms with Gasteiger partial charge in [0.2, 0.25) is 0 Å². The van der Waals surface area contributed by atoms with Crippen LogP contribution in [0.4, 0.5) is 0 Å². The lowest BCUT2D eigenvalue weighted by Gasteiger charge is -2.22. The average molecular weight is 514 g/mol. The number of hydrazine groups is 1. The van der Waals surface area contributed by atoms with Crippen molar-refractivity contribution >= 4 is 54.5 Å². The van der Waals surface area contributed by atoms with E-state index in [-0.39, 0.29) is 12.1 Å². The fourth-order valence-electron chi connectivity index (χ4n) is 2.08. The quantitative estimate of drug-likeness (QED) is 0.367. The van der Waals surface area contributed by atoms with E-state index in [1.54, 1.807) is 0 Å². The van der Waals surface area contributed by atoms with Crippen LogP contribution in [0.5, 0.6) is 0 Å². The summed E-state index contributed by atoms with van der Waals surface area (Å²) in [5, 5.41) is 4.42. The first kappa shape index (κ1) is 16.4. The van der Waals surface area contributed by atoms with Gasteiger partial charge in [-0.2, -0.15) is 5.10 Å². The zero-order chi connectivity index (χ0) is 14.9. The summed E-state index contributed by atoms with van der Waals surface area (Å²) in [6.45, 7) is 4.20. The number of nitrogens with zero attached hydrogens (tertiary/aromatic N) is 2. The van der Waals surface area contributed by atoms with Crippen molar-refractivity contribution in [2.45, 2.75) is 25.9 Å². The highest BCUT2D eigenvalue weighted by molar-refractivity contribution is 14.1. The summed E-state index contributed by atoms with van der Waals surface area (Å²) >= 11 is 9.41. The van der Waals surface area contributed by atoms with Crippen LogP contribution in [0.2, 0.25) is 0 Å². The number of aromatic nitrogens is 2. The zero-order valence-corrected chi connectivity index (χ0v) is 16.4. The van der Waals surface area contributed by atoms with Crippen LogP contribution in [-0.4, -0.2) is 9.78 Å². The molecule has 1 aromatic heterocycles. The molecule has 1 unspecified atom stereocenters. The third-order valence-electron chi connectivity index (χ3n) is 2.99. The molecule has 20 heavy (non-hydrogen) atoms. The maximum atomic E-state index is 5.82. The second-order valence-electron chi connectivity index (χ2n) is 4.68. The van der Waals surface area contributed by atoms with Gasteiger partial charge in [0.05, 0.1) is 22.4 Å². The molecule has 0 aliphatic carbocycles. The number of rotatable bonds is 4. The lowest BCUT2D eigenvalue weighted by atomic mass is 10.0. The molecule has 0 bridgehead atoms. The molecule has 0 spiro atoms. The molecule has 2 rings (SSSR count). The molecular weight excluding hydrogens is 499 g/mol. The van der Waals surface area contributed by atoms with Gasteiger partial charge < -0.3 is 0 Å². The van der Waals surface area contributed by atoms with E-state index < -0.39 is 0 Å². The molecule has 0 aliphatic rings. The molecule has 4 nitrogen and oxygen atoms in total. The number of benzene rings is 1. The summed E-state index contributed by atoms with van der Waals surface area (Å²) in [7, 11) is 0. The lowest BCUT2D eigenvalue weighted by molar-refractivity contribution is 0.474. The SMILES string of the molecule is CC(C)n1ncc(Br)c1C(NN)c1cc(Br)ccc1I. The Bertz CT molecular complexity index is 612. The van der Waals surface area contributed by atoms with Gasteiger partial charge in [-0.05, 0) is 76.1 Å². The highest BCUT2D eigenvalue weighted by Crippen LogP contribution is 2.33. The Morgan fingerprint density at radius 1 is 1.35 bits per heavy atom. The van der Waals surface area contributed by atoms with E-state index in [0.29, 0.717) is 0 Å². The second kappa shape index (κ2) is 6.87. The van der Waals surface area contributed by atoms with Gasteiger partial charge in [0.25, 0.3) is 0 Å². The van der Waals surface area contributed by atoms with Crippen molar-refractivity contribution in [3.8, 4) is 0 Å². The summed E-state index contributed by atoms with van der Waals surface area (Å²) in [5.41, 5.74) is 5.05. The lowest BCUT2D eigenvalue weighted by Crippen LogP contribution is -2.32. The van der Waals surface area contributed by atoms with Crippen molar-refractivity contribution in [2.24, 2.45) is 5.84 Å². The molecule has 3 N–H and O–H groups in total. The van der Waals surface area contributed by atoms with E-state index in [4.69, 9.17) is 5.84 Å². The smallest absolute Gasteiger partial charge is 0.0900 e. The minimum absolute atomic E-state index is 0.126. The molecule has 108 valence electrons. The van der Waals surface area contributed by atoms with Gasteiger partial charge in [0.15, 0.2) is 0 Å². The summed E-state index contributed by atoms with van der Waals surface area (Å²) in [4.78, 5) is 0. The highest BCUT2D eigenvalue weighted by atomic mass is 127. The average Bonchev–Trinajstić information content (AvgIpc) is 2.77. The third-order valence-corrected chi connectivity index (χ3v) is 5.07. The molecule has 1 atom stereocenters. The molecule has 1 aromatic carbocycles. The van der Waals surface area contributed by atoms with Gasteiger partial charge in [0, 0.05) is 14.1 Å². The first-order valence-electron chi connectivity index (χ1n) is 6.09. The van der Waals surface area contributed by atoms with E-state index in [2.05, 4.69) is 91.0 Å². The van der Waals surface area contributed by atoms with Gasteiger partial charge in [0.1, 0.15) is 0 Å². The Kier molecular flexibility index (Phi) is 5.63. The second-order valence-corrected chi connectivity index (χ2v) is 7.61. The monoisotopic (exact) mass is 512 g/mol. The fourth-order valence-corrected chi connectivity index (χ4v) is 3.61. The summed E-state index contributed by atoms with van der Waals surface area (Å²) in [6.07, 6.45) is 1.81. The number of nitrogens with one attached hydrogen (secondary N) is 1. The van der Waals surface area contributed by atoms with Crippen LogP contribution in [0.1, 0.15) is 37.2 Å². The van der Waals surface area contributed by atoms with Crippen molar-refractivity contribution in [3.05, 3.63) is 48.2 Å². The zero-order valence-electron chi connectivity index (χ0n) is 11.1. The number of hydrogen-bond donors (Lipinski definition) is 2. The summed E-state index contributed by atoms with van der Waals surface area (Å²) < 4.78 is 5.10. The van der Waals surface area contributed by atoms with E-state index in [1.807, 2.05) is 16.9 Å². The molecule has 0 saturated heterocycles. The largest absolute Gasteiger partial charge is 0.271 e. The van der Waals surface area contributed by atoms with Crippen molar-refractivity contribution in [3.63, 3.8) is 0 Å². The summed E-state index contributed by atoms with van der Waals surface area (Å²) in [6, 6.07) is 6.30. The van der Waals surface area contributed by atoms with Crippen molar-refractivity contribution in [1.82, 2.24) is 15.2 Å². The minimum Gasteiger partial charge on any atom is -0.271 e. The Morgan fingerprint density at radius 2 is 2.05 bits per heavy atom. The van der Waals surface area contributed by atoms with Crippen LogP contribution in [0.15, 0.2) is 33.3 Å². The first-order valence-corrected chi connectivity index (χ1v) is 8.76. The van der Waals surface area contributed by atoms with Gasteiger partial charge in [-0.15, -0.1) is 0 Å². The van der Waals surface area contributed by atoms with E-state index >= 15 is 0 Å². The van der Waals surface area contributed by atoms with Crippen molar-refractivity contribution in [1.29, 1.82) is 0 Å². The maximum Gasteiger partial charge on any atom is 0.0900 e. The molecular formula is C13H15Br2IN4. The minimum atomic E-state index is -0.126. The van der Waals surface area contributed by atoms with Crippen molar-refractivity contribution < 1.29 is 0 Å². The van der Waals surface area contributed by atoms with Crippen LogP contribution in [0.25, 0.3) is 0 Å². The third kappa shape index (κ3) is 3.27. The van der Waals surface area contributed by atoms with Crippen molar-refractivity contribution in [2.75, 3.05) is 0 Å². The predicted octanol–water partition coefficient (Wildman–Crippen LogP) is 4.15. The highest BCUT2D eigenvalue weighted by Gasteiger charge is 2.24. The van der Waals surface area contributed by atoms with E-state index in [9.17, 15) is 0 Å². The molecule has 0 radical (unpaired) electrons. The van der Waals surface area contributed by atoms with Gasteiger partial charge in [-0.25, -0.2) is 5.43 Å². The van der Waals surface area contributed by atoms with Crippen LogP contribution in [0, 0.1) is 3.57 Å². The molecule has 1 heterocycles. The Hall–Kier alpha value is 0.0400. The topological polar surface area (TPSA) is 55.9 Å². The van der Waals surface area contributed by atoms with E-state index in [0.717, 1.165) is 23.8 Å². The molecule has 0 aliphatic heterocycles. The number of nitrogens with two attached hydrogens (primary N) is 1. The maximum absolute atomic E-state index is 5.82. The fraction of sp³-hybridized carbons (Fsp3) is 0.308. The predicted molar refractivity (Wildman–Crippen MR) is 96.3 cm³/mol. The van der Waals surface area contributed by atoms with E-state index in [1.165, 1.54) is 0 Å². The molecule has 0 fully saturated rings. The van der Waals surface area contributed by atoms with Crippen LogP contribution in [-0.2, 0) is 0 Å². The normalized spacial score (nSPS) is 12.9. The molecule has 0 amide bonds. The Balaban J connectivity index is 2.58. The Labute approximate surface area is 148 Å². The molecule has 0 saturated carbocycles. The standard InChI is InChI=1S/C13H15Br2IN4/c1-7(2)20-13(10(15)6-18-20)12(19-17)9-5-8(14)3-4-11(9)16/h3-7,12,19H,17H2,1-2H3. The first-order chi connectivity index (χ1) is 9.45. The van der Waals surface area contributed by atoms with Crippen LogP contribution in [0.3, 0.4) is 0 Å². The van der Waals surface area contributed by atoms with Gasteiger partial charge in [-0.1, -0.05) is 15.9 Å². The number of halogens is 3. The van der Waals surface area contributed by atoms with Gasteiger partial charge in [-0.3, -0.25) is 10.5 Å². The number of hydrogen-bond acceptors (Lipinski definition) is 3. The molecule has 7 heteroatoms. The van der Waals surface area contributed by atoms with Gasteiger partial charge >= 0.3 is 0 Å². The van der Waals surface area contributed by atoms with Crippen LogP contribution < -0.4 is 11.3 Å². The molecule has 2 aromatic rings.